The van der Waals surface area contributed by atoms with Crippen molar-refractivity contribution in [3.05, 3.63) is 64.0 Å². The monoisotopic (exact) mass is 432 g/mol. The number of nitrogens with one attached hydrogen (secondary N) is 1. The molecule has 4 heterocycles. The minimum atomic E-state index is -0.159. The predicted molar refractivity (Wildman–Crippen MR) is 118 cm³/mol. The topological polar surface area (TPSA) is 110 Å². The van der Waals surface area contributed by atoms with Crippen molar-refractivity contribution in [2.45, 2.75) is 39.2 Å². The average Bonchev–Trinajstić information content (AvgIpc) is 3.36. The summed E-state index contributed by atoms with van der Waals surface area (Å²) >= 11 is 0. The lowest BCUT2D eigenvalue weighted by molar-refractivity contribution is -0.132. The van der Waals surface area contributed by atoms with E-state index < -0.39 is 0 Å². The van der Waals surface area contributed by atoms with Crippen molar-refractivity contribution >= 4 is 17.1 Å². The summed E-state index contributed by atoms with van der Waals surface area (Å²) in [6.07, 6.45) is 3.13. The Morgan fingerprint density at radius 2 is 1.91 bits per heavy atom. The number of aromatic nitrogens is 5. The van der Waals surface area contributed by atoms with Crippen molar-refractivity contribution in [2.75, 3.05) is 13.1 Å². The summed E-state index contributed by atoms with van der Waals surface area (Å²) < 4.78 is 7.52. The number of H-pyrrole nitrogens is 1. The first-order valence-electron chi connectivity index (χ1n) is 10.7. The Kier molecular flexibility index (Phi) is 5.08. The van der Waals surface area contributed by atoms with E-state index in [9.17, 15) is 9.59 Å². The van der Waals surface area contributed by atoms with Gasteiger partial charge in [-0.25, -0.2) is 9.78 Å². The van der Waals surface area contributed by atoms with E-state index in [2.05, 4.69) is 26.2 Å². The van der Waals surface area contributed by atoms with Crippen LogP contribution in [0.1, 0.15) is 35.9 Å². The second-order valence-electron chi connectivity index (χ2n) is 8.34. The molecule has 3 aromatic heterocycles. The minimum Gasteiger partial charge on any atom is -0.420 e. The zero-order valence-electron chi connectivity index (χ0n) is 18.0. The molecule has 164 valence electrons. The summed E-state index contributed by atoms with van der Waals surface area (Å²) in [5.74, 6) is 0.683. The van der Waals surface area contributed by atoms with Crippen LogP contribution in [0.15, 0.2) is 45.7 Å². The van der Waals surface area contributed by atoms with E-state index in [1.54, 1.807) is 15.7 Å². The van der Waals surface area contributed by atoms with Crippen LogP contribution in [-0.4, -0.2) is 48.6 Å². The first-order chi connectivity index (χ1) is 15.5. The number of fused-ring (bicyclic) bond motifs is 1. The average molecular weight is 432 g/mol. The van der Waals surface area contributed by atoms with Gasteiger partial charge in [0.25, 0.3) is 0 Å². The van der Waals surface area contributed by atoms with Crippen molar-refractivity contribution < 1.29 is 9.21 Å². The maximum Gasteiger partial charge on any atom is 0.327 e. The summed E-state index contributed by atoms with van der Waals surface area (Å²) in [6.45, 7) is 5.17. The van der Waals surface area contributed by atoms with Crippen LogP contribution in [0.5, 0.6) is 0 Å². The largest absolute Gasteiger partial charge is 0.420 e. The normalized spacial score (nSPS) is 14.9. The van der Waals surface area contributed by atoms with Crippen molar-refractivity contribution in [1.29, 1.82) is 0 Å². The van der Waals surface area contributed by atoms with E-state index >= 15 is 0 Å². The van der Waals surface area contributed by atoms with Crippen LogP contribution in [0.3, 0.4) is 0 Å². The molecule has 5 rings (SSSR count). The van der Waals surface area contributed by atoms with E-state index in [1.807, 2.05) is 38.1 Å². The number of pyridine rings is 1. The molecule has 0 spiro atoms. The summed E-state index contributed by atoms with van der Waals surface area (Å²) in [7, 11) is 0. The molecule has 9 heteroatoms. The van der Waals surface area contributed by atoms with Crippen LogP contribution < -0.4 is 5.69 Å². The molecule has 0 unspecified atom stereocenters. The lowest BCUT2D eigenvalue weighted by Gasteiger charge is -2.32. The number of carbonyl (C=O) groups is 1. The second kappa shape index (κ2) is 8.07. The van der Waals surface area contributed by atoms with Gasteiger partial charge >= 0.3 is 5.69 Å². The van der Waals surface area contributed by atoms with E-state index in [4.69, 9.17) is 4.42 Å². The van der Waals surface area contributed by atoms with Gasteiger partial charge < -0.3 is 9.32 Å². The van der Waals surface area contributed by atoms with Crippen LogP contribution in [-0.2, 0) is 11.2 Å². The van der Waals surface area contributed by atoms with Crippen molar-refractivity contribution in [3.63, 3.8) is 0 Å². The summed E-state index contributed by atoms with van der Waals surface area (Å²) in [5.41, 5.74) is 4.31. The molecule has 0 aliphatic carbocycles. The van der Waals surface area contributed by atoms with Gasteiger partial charge in [-0.2, -0.15) is 0 Å². The lowest BCUT2D eigenvalue weighted by atomic mass is 10.0. The molecule has 1 N–H and O–H groups in total. The van der Waals surface area contributed by atoms with Crippen LogP contribution in [0.4, 0.5) is 0 Å². The third-order valence-corrected chi connectivity index (χ3v) is 5.91. The Labute approximate surface area is 184 Å². The number of piperidine rings is 1. The van der Waals surface area contributed by atoms with Gasteiger partial charge in [-0.1, -0.05) is 17.2 Å². The minimum absolute atomic E-state index is 0.0315. The zero-order chi connectivity index (χ0) is 22.2. The van der Waals surface area contributed by atoms with Gasteiger partial charge in [0, 0.05) is 30.9 Å². The van der Waals surface area contributed by atoms with Crippen LogP contribution in [0, 0.1) is 13.8 Å². The van der Waals surface area contributed by atoms with Crippen molar-refractivity contribution in [3.8, 4) is 11.5 Å². The van der Waals surface area contributed by atoms with Gasteiger partial charge in [-0.15, -0.1) is 10.2 Å². The number of likely N-dealkylation sites (tertiary alicyclic amines) is 1. The molecule has 0 saturated carbocycles. The van der Waals surface area contributed by atoms with Gasteiger partial charge in [-0.05, 0) is 51.0 Å². The number of benzene rings is 1. The first kappa shape index (κ1) is 20.2. The molecule has 1 aliphatic rings. The summed E-state index contributed by atoms with van der Waals surface area (Å²) in [5, 5.41) is 8.18. The van der Waals surface area contributed by atoms with E-state index in [1.165, 1.54) is 0 Å². The van der Waals surface area contributed by atoms with Crippen LogP contribution in [0.25, 0.3) is 22.6 Å². The number of rotatable bonds is 4. The molecule has 0 bridgehead atoms. The van der Waals surface area contributed by atoms with Crippen molar-refractivity contribution in [2.24, 2.45) is 0 Å². The van der Waals surface area contributed by atoms with E-state index in [-0.39, 0.29) is 24.1 Å². The Balaban J connectivity index is 1.24. The molecule has 4 aromatic rings. The highest BCUT2D eigenvalue weighted by Crippen LogP contribution is 2.25. The Hall–Kier alpha value is -3.75. The lowest BCUT2D eigenvalue weighted by Crippen LogP contribution is -2.41. The number of hydrogen-bond acceptors (Lipinski definition) is 6. The molecule has 0 radical (unpaired) electrons. The highest BCUT2D eigenvalue weighted by atomic mass is 16.4. The zero-order valence-corrected chi connectivity index (χ0v) is 18.0. The van der Waals surface area contributed by atoms with Gasteiger partial charge in [0.1, 0.15) is 6.42 Å². The fourth-order valence-electron chi connectivity index (χ4n) is 4.48. The van der Waals surface area contributed by atoms with Crippen molar-refractivity contribution in [1.82, 2.24) is 29.6 Å². The Morgan fingerprint density at radius 1 is 1.16 bits per heavy atom. The number of nitrogens with zero attached hydrogens (tertiary/aromatic N) is 5. The quantitative estimate of drug-likeness (QED) is 0.531. The number of hydrogen-bond donors (Lipinski definition) is 1. The van der Waals surface area contributed by atoms with Gasteiger partial charge in [0.15, 0.2) is 5.65 Å². The number of amides is 1. The van der Waals surface area contributed by atoms with Crippen LogP contribution >= 0.6 is 0 Å². The van der Waals surface area contributed by atoms with Gasteiger partial charge in [0.05, 0.1) is 5.52 Å². The van der Waals surface area contributed by atoms with Gasteiger partial charge in [0.2, 0.25) is 17.7 Å². The second-order valence-corrected chi connectivity index (χ2v) is 8.34. The third-order valence-electron chi connectivity index (χ3n) is 5.91. The molecular weight excluding hydrogens is 408 g/mol. The van der Waals surface area contributed by atoms with E-state index in [0.29, 0.717) is 43.4 Å². The number of aromatic amines is 1. The molecule has 1 amide bonds. The molecule has 1 fully saturated rings. The first-order valence-corrected chi connectivity index (χ1v) is 10.7. The highest BCUT2D eigenvalue weighted by molar-refractivity contribution is 5.78. The number of imidazole rings is 1. The highest BCUT2D eigenvalue weighted by Gasteiger charge is 2.27. The SMILES string of the molecule is Cc1cc(C)cc(-c2nnc(CC(=O)N3CCC(n4c(=O)[nH]c5ncccc54)CC3)o2)c1. The fourth-order valence-corrected chi connectivity index (χ4v) is 4.48. The van der Waals surface area contributed by atoms with Crippen LogP contribution in [0.2, 0.25) is 0 Å². The number of carbonyl (C=O) groups excluding carboxylic acids is 1. The Bertz CT molecular complexity index is 1320. The predicted octanol–water partition coefficient (Wildman–Crippen LogP) is 2.80. The molecule has 32 heavy (non-hydrogen) atoms. The Morgan fingerprint density at radius 3 is 2.66 bits per heavy atom. The summed E-state index contributed by atoms with van der Waals surface area (Å²) in [6, 6.07) is 9.79. The molecular formula is C23H24N6O3. The summed E-state index contributed by atoms with van der Waals surface area (Å²) in [4.78, 5) is 34.0. The molecule has 1 saturated heterocycles. The van der Waals surface area contributed by atoms with Gasteiger partial charge in [-0.3, -0.25) is 14.3 Å². The number of aryl methyl sites for hydroxylation is 2. The molecule has 0 atom stereocenters. The maximum absolute atomic E-state index is 12.8. The molecule has 9 nitrogen and oxygen atoms in total. The van der Waals surface area contributed by atoms with E-state index in [0.717, 1.165) is 22.2 Å². The maximum atomic E-state index is 12.8. The smallest absolute Gasteiger partial charge is 0.327 e. The molecule has 1 aromatic carbocycles. The molecule has 1 aliphatic heterocycles. The third kappa shape index (κ3) is 3.81. The fraction of sp³-hybridized carbons (Fsp3) is 0.348. The standard InChI is InChI=1S/C23H24N6O3/c1-14-10-15(2)12-16(11-14)22-27-26-19(32-22)13-20(30)28-8-5-17(6-9-28)29-18-4-3-7-24-21(18)25-23(29)31/h3-4,7,10-12,17H,5-6,8-9,13H2,1-2H3,(H,24,25,31).